The van der Waals surface area contributed by atoms with Crippen molar-refractivity contribution in [1.82, 2.24) is 0 Å². The van der Waals surface area contributed by atoms with E-state index in [1.807, 2.05) is 0 Å². The lowest BCUT2D eigenvalue weighted by atomic mass is 9.53. The first-order valence-electron chi connectivity index (χ1n) is 10.6. The smallest absolute Gasteiger partial charge is 0.340 e. The van der Waals surface area contributed by atoms with Crippen LogP contribution in [0, 0.1) is 16.7 Å². The zero-order valence-corrected chi connectivity index (χ0v) is 18.5. The SMILES string of the molecule is COC[C@H]1OC(=O)/C(=C\N)C2=C(O)C(=O)C3=C([C@H](OC(C)=O)C[C@]4(C)C(=O)CC[C@@H]34)[C@]21C. The van der Waals surface area contributed by atoms with E-state index < -0.39 is 52.4 Å². The van der Waals surface area contributed by atoms with Gasteiger partial charge >= 0.3 is 11.9 Å². The molecule has 32 heavy (non-hydrogen) atoms. The second kappa shape index (κ2) is 7.30. The summed E-state index contributed by atoms with van der Waals surface area (Å²) in [5.74, 6) is -3.10. The normalized spacial score (nSPS) is 37.8. The van der Waals surface area contributed by atoms with Gasteiger partial charge in [-0.2, -0.15) is 0 Å². The summed E-state index contributed by atoms with van der Waals surface area (Å²) in [4.78, 5) is 51.0. The lowest BCUT2D eigenvalue weighted by molar-refractivity contribution is -0.160. The molecule has 0 amide bonds. The van der Waals surface area contributed by atoms with Crippen LogP contribution in [0.5, 0.6) is 0 Å². The number of carbonyl (C=O) groups excluding carboxylic acids is 4. The summed E-state index contributed by atoms with van der Waals surface area (Å²) in [5.41, 5.74) is 4.14. The number of hydrogen-bond acceptors (Lipinski definition) is 9. The van der Waals surface area contributed by atoms with E-state index in [4.69, 9.17) is 19.9 Å². The van der Waals surface area contributed by atoms with Gasteiger partial charge in [0.15, 0.2) is 5.76 Å². The molecule has 0 aromatic rings. The van der Waals surface area contributed by atoms with Crippen LogP contribution in [0.3, 0.4) is 0 Å². The van der Waals surface area contributed by atoms with Crippen LogP contribution in [0.4, 0.5) is 0 Å². The molecule has 0 unspecified atom stereocenters. The first-order valence-corrected chi connectivity index (χ1v) is 10.6. The topological polar surface area (TPSA) is 142 Å². The Bertz CT molecular complexity index is 1040. The molecule has 5 atom stereocenters. The Kier molecular flexibility index (Phi) is 5.08. The molecule has 0 spiro atoms. The highest BCUT2D eigenvalue weighted by Crippen LogP contribution is 2.62. The Morgan fingerprint density at radius 3 is 2.59 bits per heavy atom. The standard InChI is InChI=1S/C23H27NO8/c1-10(25)31-13-7-22(2)12(5-6-14(22)26)16-18(13)23(3)15(9-30-4)32-21(29)11(8-24)17(23)20(28)19(16)27/h8,12-13,15,28H,5-7,9,24H2,1-4H3/b11-8-/t12-,13+,15+,22-,23-/m0/s1. The molecular weight excluding hydrogens is 418 g/mol. The van der Waals surface area contributed by atoms with Crippen molar-refractivity contribution in [1.29, 1.82) is 0 Å². The van der Waals surface area contributed by atoms with E-state index in [9.17, 15) is 24.3 Å². The van der Waals surface area contributed by atoms with E-state index in [0.717, 1.165) is 6.20 Å². The number of rotatable bonds is 3. The predicted octanol–water partition coefficient (Wildman–Crippen LogP) is 1.42. The van der Waals surface area contributed by atoms with Crippen LogP contribution < -0.4 is 5.73 Å². The van der Waals surface area contributed by atoms with E-state index in [-0.39, 0.29) is 42.0 Å². The molecule has 0 radical (unpaired) electrons. The minimum absolute atomic E-state index is 0.00974. The van der Waals surface area contributed by atoms with Crippen molar-refractivity contribution in [2.45, 2.75) is 52.2 Å². The highest BCUT2D eigenvalue weighted by molar-refractivity contribution is 6.14. The van der Waals surface area contributed by atoms with Gasteiger partial charge in [-0.05, 0) is 18.9 Å². The number of aliphatic hydroxyl groups excluding tert-OH is 1. The van der Waals surface area contributed by atoms with Crippen molar-refractivity contribution in [2.75, 3.05) is 13.7 Å². The van der Waals surface area contributed by atoms with Crippen molar-refractivity contribution >= 4 is 23.5 Å². The van der Waals surface area contributed by atoms with Crippen molar-refractivity contribution in [3.8, 4) is 0 Å². The van der Waals surface area contributed by atoms with Gasteiger partial charge in [-0.15, -0.1) is 0 Å². The van der Waals surface area contributed by atoms with E-state index in [1.54, 1.807) is 13.8 Å². The molecule has 4 rings (SSSR count). The fourth-order valence-corrected chi connectivity index (χ4v) is 6.12. The maximum Gasteiger partial charge on any atom is 0.340 e. The number of Topliss-reactive ketones (excluding diaryl/α,β-unsaturated/α-hetero) is 2. The number of hydrogen-bond donors (Lipinski definition) is 2. The maximum atomic E-state index is 13.5. The third kappa shape index (κ3) is 2.73. The van der Waals surface area contributed by atoms with Gasteiger partial charge in [-0.3, -0.25) is 14.4 Å². The summed E-state index contributed by atoms with van der Waals surface area (Å²) in [6, 6.07) is 0. The number of allylic oxidation sites excluding steroid dienone is 1. The molecule has 0 aromatic heterocycles. The summed E-state index contributed by atoms with van der Waals surface area (Å²) < 4.78 is 16.6. The van der Waals surface area contributed by atoms with Gasteiger partial charge in [0.2, 0.25) is 5.78 Å². The average molecular weight is 445 g/mol. The number of cyclic esters (lactones) is 1. The highest BCUT2D eigenvalue weighted by atomic mass is 16.6. The van der Waals surface area contributed by atoms with Gasteiger partial charge < -0.3 is 25.1 Å². The zero-order chi connectivity index (χ0) is 23.6. The maximum absolute atomic E-state index is 13.5. The molecule has 1 saturated carbocycles. The number of esters is 2. The number of ketones is 2. The minimum atomic E-state index is -1.25. The molecule has 1 saturated heterocycles. The number of carbonyl (C=O) groups is 4. The summed E-state index contributed by atoms with van der Waals surface area (Å²) in [7, 11) is 1.44. The Balaban J connectivity index is 2.04. The molecule has 0 aromatic carbocycles. The molecule has 0 bridgehead atoms. The number of methoxy groups -OCH3 is 1. The molecule has 3 N–H and O–H groups in total. The Morgan fingerprint density at radius 1 is 1.31 bits per heavy atom. The Hall–Kier alpha value is -2.94. The largest absolute Gasteiger partial charge is 0.504 e. The molecule has 2 fully saturated rings. The lowest BCUT2D eigenvalue weighted by Crippen LogP contribution is -2.57. The third-order valence-electron chi connectivity index (χ3n) is 7.59. The van der Waals surface area contributed by atoms with Gasteiger partial charge in [-0.1, -0.05) is 6.92 Å². The highest BCUT2D eigenvalue weighted by Gasteiger charge is 2.64. The second-order valence-corrected chi connectivity index (χ2v) is 9.25. The third-order valence-corrected chi connectivity index (χ3v) is 7.59. The molecule has 172 valence electrons. The average Bonchev–Trinajstić information content (AvgIpc) is 3.01. The summed E-state index contributed by atoms with van der Waals surface area (Å²) >= 11 is 0. The van der Waals surface area contributed by atoms with Gasteiger partial charge in [0.1, 0.15) is 18.0 Å². The van der Waals surface area contributed by atoms with Crippen molar-refractivity contribution in [3.63, 3.8) is 0 Å². The number of ether oxygens (including phenoxy) is 3. The van der Waals surface area contributed by atoms with E-state index >= 15 is 0 Å². The number of fused-ring (bicyclic) bond motifs is 4. The van der Waals surface area contributed by atoms with E-state index in [2.05, 4.69) is 0 Å². The first-order chi connectivity index (χ1) is 15.0. The molecule has 9 nitrogen and oxygen atoms in total. The fourth-order valence-electron chi connectivity index (χ4n) is 6.12. The second-order valence-electron chi connectivity index (χ2n) is 9.25. The molecule has 9 heteroatoms. The van der Waals surface area contributed by atoms with Gasteiger partial charge in [0, 0.05) is 55.6 Å². The van der Waals surface area contributed by atoms with Gasteiger partial charge in [0.05, 0.1) is 17.6 Å². The van der Waals surface area contributed by atoms with Crippen LogP contribution in [0.15, 0.2) is 34.3 Å². The van der Waals surface area contributed by atoms with Crippen LogP contribution in [-0.4, -0.2) is 54.5 Å². The number of aliphatic hydroxyl groups is 1. The van der Waals surface area contributed by atoms with Crippen LogP contribution in [0.1, 0.15) is 40.0 Å². The molecule has 1 aliphatic heterocycles. The van der Waals surface area contributed by atoms with Crippen molar-refractivity contribution in [2.24, 2.45) is 22.5 Å². The van der Waals surface area contributed by atoms with Gasteiger partial charge in [-0.25, -0.2) is 4.79 Å². The van der Waals surface area contributed by atoms with Crippen molar-refractivity contribution in [3.05, 3.63) is 34.3 Å². The summed E-state index contributed by atoms with van der Waals surface area (Å²) in [6.07, 6.45) is 0.0922. The fraction of sp³-hybridized carbons (Fsp3) is 0.565. The zero-order valence-electron chi connectivity index (χ0n) is 18.5. The molecule has 4 aliphatic rings. The summed E-state index contributed by atoms with van der Waals surface area (Å²) in [5, 5.41) is 11.1. The first kappa shape index (κ1) is 22.3. The molecule has 3 aliphatic carbocycles. The van der Waals surface area contributed by atoms with Crippen molar-refractivity contribution < 1.29 is 38.5 Å². The quantitative estimate of drug-likeness (QED) is 0.487. The number of nitrogens with two attached hydrogens (primary N) is 1. The predicted molar refractivity (Wildman–Crippen MR) is 110 cm³/mol. The van der Waals surface area contributed by atoms with Crippen LogP contribution in [-0.2, 0) is 33.4 Å². The van der Waals surface area contributed by atoms with Crippen LogP contribution in [0.25, 0.3) is 0 Å². The minimum Gasteiger partial charge on any atom is -0.504 e. The summed E-state index contributed by atoms with van der Waals surface area (Å²) in [6.45, 7) is 4.72. The van der Waals surface area contributed by atoms with Crippen LogP contribution in [0.2, 0.25) is 0 Å². The lowest BCUT2D eigenvalue weighted by Gasteiger charge is -2.53. The van der Waals surface area contributed by atoms with Gasteiger partial charge in [0.25, 0.3) is 0 Å². The van der Waals surface area contributed by atoms with E-state index in [0.29, 0.717) is 12.0 Å². The van der Waals surface area contributed by atoms with Crippen LogP contribution >= 0.6 is 0 Å². The van der Waals surface area contributed by atoms with E-state index in [1.165, 1.54) is 14.0 Å². The molecular formula is C23H27NO8. The monoisotopic (exact) mass is 445 g/mol. The Labute approximate surface area is 185 Å². The molecule has 1 heterocycles. The Morgan fingerprint density at radius 2 is 2.00 bits per heavy atom.